The fourth-order valence-corrected chi connectivity index (χ4v) is 1.79. The standard InChI is InChI=1S/C10H20O6/c1-10(2)15-7(6(12)5-11)8(16-10)9(13-3)14-4/h6-9,11-12H,5H2,1-4H3/t6-,7-,8+/m0/s1. The van der Waals surface area contributed by atoms with Gasteiger partial charge in [0.1, 0.15) is 18.3 Å². The Labute approximate surface area is 95.1 Å². The van der Waals surface area contributed by atoms with Crippen LogP contribution in [0.1, 0.15) is 13.8 Å². The molecular formula is C10H20O6. The monoisotopic (exact) mass is 236 g/mol. The Kier molecular flexibility index (Phi) is 4.66. The van der Waals surface area contributed by atoms with Gasteiger partial charge < -0.3 is 29.2 Å². The van der Waals surface area contributed by atoms with Gasteiger partial charge in [-0.2, -0.15) is 0 Å². The number of hydrogen-bond acceptors (Lipinski definition) is 6. The van der Waals surface area contributed by atoms with Gasteiger partial charge in [-0.25, -0.2) is 0 Å². The third kappa shape index (κ3) is 2.91. The lowest BCUT2D eigenvalue weighted by Gasteiger charge is -2.25. The molecule has 96 valence electrons. The molecule has 1 aliphatic heterocycles. The van der Waals surface area contributed by atoms with Gasteiger partial charge in [0.2, 0.25) is 0 Å². The topological polar surface area (TPSA) is 77.4 Å². The number of methoxy groups -OCH3 is 2. The minimum absolute atomic E-state index is 0.402. The summed E-state index contributed by atoms with van der Waals surface area (Å²) in [6.07, 6.45) is -2.93. The summed E-state index contributed by atoms with van der Waals surface area (Å²) in [5, 5.41) is 18.6. The van der Waals surface area contributed by atoms with E-state index in [1.54, 1.807) is 13.8 Å². The molecule has 0 bridgehead atoms. The van der Waals surface area contributed by atoms with Crippen molar-refractivity contribution in [1.29, 1.82) is 0 Å². The van der Waals surface area contributed by atoms with Gasteiger partial charge in [0.25, 0.3) is 0 Å². The van der Waals surface area contributed by atoms with Gasteiger partial charge in [-0.05, 0) is 13.8 Å². The van der Waals surface area contributed by atoms with E-state index in [0.717, 1.165) is 0 Å². The summed E-state index contributed by atoms with van der Waals surface area (Å²) in [6, 6.07) is 0. The van der Waals surface area contributed by atoms with E-state index in [1.807, 2.05) is 0 Å². The molecule has 1 rings (SSSR count). The largest absolute Gasteiger partial charge is 0.394 e. The number of ether oxygens (including phenoxy) is 4. The maximum atomic E-state index is 9.63. The fourth-order valence-electron chi connectivity index (χ4n) is 1.79. The summed E-state index contributed by atoms with van der Waals surface area (Å²) in [4.78, 5) is 0. The lowest BCUT2D eigenvalue weighted by Crippen LogP contribution is -2.45. The Morgan fingerprint density at radius 3 is 2.12 bits per heavy atom. The van der Waals surface area contributed by atoms with E-state index in [-0.39, 0.29) is 0 Å². The van der Waals surface area contributed by atoms with Crippen LogP contribution >= 0.6 is 0 Å². The second-order valence-corrected chi connectivity index (χ2v) is 4.15. The number of aliphatic hydroxyl groups excluding tert-OH is 2. The molecule has 0 saturated carbocycles. The van der Waals surface area contributed by atoms with E-state index in [1.165, 1.54) is 14.2 Å². The van der Waals surface area contributed by atoms with E-state index in [2.05, 4.69) is 0 Å². The molecule has 0 aromatic carbocycles. The van der Waals surface area contributed by atoms with Crippen molar-refractivity contribution in [3.8, 4) is 0 Å². The van der Waals surface area contributed by atoms with Crippen LogP contribution in [0.25, 0.3) is 0 Å². The quantitative estimate of drug-likeness (QED) is 0.625. The van der Waals surface area contributed by atoms with E-state index in [4.69, 9.17) is 24.1 Å². The minimum Gasteiger partial charge on any atom is -0.394 e. The molecule has 2 N–H and O–H groups in total. The zero-order valence-electron chi connectivity index (χ0n) is 10.0. The van der Waals surface area contributed by atoms with E-state index in [9.17, 15) is 5.11 Å². The molecule has 16 heavy (non-hydrogen) atoms. The predicted molar refractivity (Wildman–Crippen MR) is 54.7 cm³/mol. The maximum Gasteiger partial charge on any atom is 0.185 e. The molecule has 0 amide bonds. The van der Waals surface area contributed by atoms with Gasteiger partial charge in [-0.15, -0.1) is 0 Å². The summed E-state index contributed by atoms with van der Waals surface area (Å²) in [5.74, 6) is -0.833. The molecule has 6 nitrogen and oxygen atoms in total. The van der Waals surface area contributed by atoms with Crippen LogP contribution in [0.4, 0.5) is 0 Å². The highest BCUT2D eigenvalue weighted by molar-refractivity contribution is 4.88. The molecule has 0 radical (unpaired) electrons. The van der Waals surface area contributed by atoms with Crippen molar-refractivity contribution in [2.24, 2.45) is 0 Å². The Morgan fingerprint density at radius 2 is 1.69 bits per heavy atom. The third-order valence-corrected chi connectivity index (χ3v) is 2.46. The third-order valence-electron chi connectivity index (χ3n) is 2.46. The number of rotatable bonds is 5. The van der Waals surface area contributed by atoms with Crippen LogP contribution < -0.4 is 0 Å². The highest BCUT2D eigenvalue weighted by atomic mass is 16.8. The molecule has 0 unspecified atom stereocenters. The molecule has 0 spiro atoms. The molecule has 1 fully saturated rings. The van der Waals surface area contributed by atoms with E-state index in [0.29, 0.717) is 0 Å². The van der Waals surface area contributed by atoms with Crippen LogP contribution in [-0.4, -0.2) is 61.4 Å². The smallest absolute Gasteiger partial charge is 0.185 e. The molecule has 0 aromatic heterocycles. The van der Waals surface area contributed by atoms with Gasteiger partial charge in [-0.3, -0.25) is 0 Å². The van der Waals surface area contributed by atoms with Crippen molar-refractivity contribution in [2.75, 3.05) is 20.8 Å². The van der Waals surface area contributed by atoms with E-state index < -0.39 is 37.0 Å². The second-order valence-electron chi connectivity index (χ2n) is 4.15. The second kappa shape index (κ2) is 5.39. The van der Waals surface area contributed by atoms with Gasteiger partial charge >= 0.3 is 0 Å². The first-order valence-electron chi connectivity index (χ1n) is 5.15. The molecule has 0 aromatic rings. The van der Waals surface area contributed by atoms with Crippen molar-refractivity contribution in [2.45, 2.75) is 44.2 Å². The normalized spacial score (nSPS) is 30.9. The average Bonchev–Trinajstić information content (AvgIpc) is 2.55. The summed E-state index contributed by atoms with van der Waals surface area (Å²) < 4.78 is 21.3. The minimum atomic E-state index is -1.03. The van der Waals surface area contributed by atoms with Crippen LogP contribution in [0, 0.1) is 0 Å². The summed E-state index contributed by atoms with van der Waals surface area (Å²) >= 11 is 0. The van der Waals surface area contributed by atoms with Crippen LogP contribution in [0.3, 0.4) is 0 Å². The molecule has 3 atom stereocenters. The summed E-state index contributed by atoms with van der Waals surface area (Å²) in [5.41, 5.74) is 0. The first kappa shape index (κ1) is 13.8. The SMILES string of the molecule is COC(OC)[C@@H]1OC(C)(C)O[C@H]1[C@@H](O)CO. The first-order valence-corrected chi connectivity index (χ1v) is 5.15. The van der Waals surface area contributed by atoms with Gasteiger partial charge in [0.05, 0.1) is 6.61 Å². The van der Waals surface area contributed by atoms with Crippen molar-refractivity contribution in [1.82, 2.24) is 0 Å². The first-order chi connectivity index (χ1) is 7.45. The summed E-state index contributed by atoms with van der Waals surface area (Å²) in [7, 11) is 2.95. The zero-order chi connectivity index (χ0) is 12.3. The van der Waals surface area contributed by atoms with Crippen LogP contribution in [0.15, 0.2) is 0 Å². The van der Waals surface area contributed by atoms with Crippen LogP contribution in [-0.2, 0) is 18.9 Å². The average molecular weight is 236 g/mol. The molecular weight excluding hydrogens is 216 g/mol. The Morgan fingerprint density at radius 1 is 1.19 bits per heavy atom. The van der Waals surface area contributed by atoms with Gasteiger partial charge in [0.15, 0.2) is 12.1 Å². The Balaban J connectivity index is 2.78. The number of hydrogen-bond donors (Lipinski definition) is 2. The zero-order valence-corrected chi connectivity index (χ0v) is 10.0. The van der Waals surface area contributed by atoms with Gasteiger partial charge in [-0.1, -0.05) is 0 Å². The maximum absolute atomic E-state index is 9.63. The Hall–Kier alpha value is -0.240. The highest BCUT2D eigenvalue weighted by Gasteiger charge is 2.48. The lowest BCUT2D eigenvalue weighted by molar-refractivity contribution is -0.202. The van der Waals surface area contributed by atoms with Crippen molar-refractivity contribution in [3.63, 3.8) is 0 Å². The number of aliphatic hydroxyl groups is 2. The highest BCUT2D eigenvalue weighted by Crippen LogP contribution is 2.32. The molecule has 0 aliphatic carbocycles. The van der Waals surface area contributed by atoms with Crippen molar-refractivity contribution >= 4 is 0 Å². The van der Waals surface area contributed by atoms with E-state index >= 15 is 0 Å². The van der Waals surface area contributed by atoms with Crippen molar-refractivity contribution in [3.05, 3.63) is 0 Å². The van der Waals surface area contributed by atoms with Gasteiger partial charge in [0, 0.05) is 14.2 Å². The lowest BCUT2D eigenvalue weighted by atomic mass is 10.1. The predicted octanol–water partition coefficient (Wildman–Crippen LogP) is -0.521. The molecule has 1 aliphatic rings. The Bertz CT molecular complexity index is 215. The van der Waals surface area contributed by atoms with Crippen LogP contribution in [0.2, 0.25) is 0 Å². The molecule has 1 heterocycles. The van der Waals surface area contributed by atoms with Crippen LogP contribution in [0.5, 0.6) is 0 Å². The fraction of sp³-hybridized carbons (Fsp3) is 1.00. The van der Waals surface area contributed by atoms with Crippen molar-refractivity contribution < 1.29 is 29.2 Å². The summed E-state index contributed by atoms with van der Waals surface area (Å²) in [6.45, 7) is 3.06. The molecule has 1 saturated heterocycles. The molecule has 6 heteroatoms.